The molecular formula is C14H17N3O. The van der Waals surface area contributed by atoms with Gasteiger partial charge in [-0.15, -0.1) is 0 Å². The van der Waals surface area contributed by atoms with Crippen LogP contribution in [0.1, 0.15) is 18.6 Å². The van der Waals surface area contributed by atoms with Gasteiger partial charge in [-0.05, 0) is 37.1 Å². The summed E-state index contributed by atoms with van der Waals surface area (Å²) in [6.45, 7) is 2.90. The van der Waals surface area contributed by atoms with Gasteiger partial charge in [0, 0.05) is 19.3 Å². The molecule has 3 rings (SSSR count). The molecule has 3 heterocycles. The van der Waals surface area contributed by atoms with Crippen molar-refractivity contribution >= 4 is 11.5 Å². The van der Waals surface area contributed by atoms with Gasteiger partial charge in [0.05, 0.1) is 18.5 Å². The molecule has 0 aliphatic carbocycles. The molecule has 94 valence electrons. The van der Waals surface area contributed by atoms with Crippen LogP contribution in [0.4, 0.5) is 11.5 Å². The van der Waals surface area contributed by atoms with E-state index in [-0.39, 0.29) is 0 Å². The van der Waals surface area contributed by atoms with Gasteiger partial charge in [0.15, 0.2) is 5.82 Å². The Kier molecular flexibility index (Phi) is 3.17. The van der Waals surface area contributed by atoms with Gasteiger partial charge in [0.25, 0.3) is 0 Å². The molecule has 4 nitrogen and oxygen atoms in total. The summed E-state index contributed by atoms with van der Waals surface area (Å²) in [4.78, 5) is 6.83. The number of furan rings is 1. The van der Waals surface area contributed by atoms with Gasteiger partial charge < -0.3 is 14.6 Å². The maximum Gasteiger partial charge on any atom is 0.151 e. The fourth-order valence-corrected chi connectivity index (χ4v) is 2.31. The molecule has 0 radical (unpaired) electrons. The molecule has 18 heavy (non-hydrogen) atoms. The van der Waals surface area contributed by atoms with Crippen molar-refractivity contribution in [3.8, 4) is 0 Å². The lowest BCUT2D eigenvalue weighted by atomic mass is 10.3. The highest BCUT2D eigenvalue weighted by Gasteiger charge is 2.16. The number of anilines is 2. The number of hydrogen-bond acceptors (Lipinski definition) is 4. The Balaban J connectivity index is 1.74. The second-order valence-corrected chi connectivity index (χ2v) is 4.50. The second-order valence-electron chi connectivity index (χ2n) is 4.50. The third-order valence-electron chi connectivity index (χ3n) is 3.23. The minimum atomic E-state index is 0.694. The highest BCUT2D eigenvalue weighted by molar-refractivity contribution is 5.65. The van der Waals surface area contributed by atoms with E-state index in [1.165, 1.54) is 12.8 Å². The summed E-state index contributed by atoms with van der Waals surface area (Å²) in [5, 5.41) is 3.39. The van der Waals surface area contributed by atoms with E-state index in [2.05, 4.69) is 21.3 Å². The molecule has 1 aliphatic rings. The minimum Gasteiger partial charge on any atom is -0.467 e. The average Bonchev–Trinajstić information content (AvgIpc) is 3.10. The highest BCUT2D eigenvalue weighted by atomic mass is 16.3. The Morgan fingerprint density at radius 1 is 1.22 bits per heavy atom. The predicted molar refractivity (Wildman–Crippen MR) is 71.7 cm³/mol. The van der Waals surface area contributed by atoms with Crippen molar-refractivity contribution in [1.29, 1.82) is 0 Å². The van der Waals surface area contributed by atoms with Crippen LogP contribution in [0.2, 0.25) is 0 Å². The Labute approximate surface area is 107 Å². The third kappa shape index (κ3) is 2.32. The molecule has 2 aromatic rings. The van der Waals surface area contributed by atoms with Gasteiger partial charge in [0.1, 0.15) is 5.76 Å². The predicted octanol–water partition coefficient (Wildman–Crippen LogP) is 2.89. The summed E-state index contributed by atoms with van der Waals surface area (Å²) in [5.41, 5.74) is 1.08. The van der Waals surface area contributed by atoms with E-state index in [0.29, 0.717) is 6.54 Å². The van der Waals surface area contributed by atoms with Crippen molar-refractivity contribution in [3.63, 3.8) is 0 Å². The van der Waals surface area contributed by atoms with Gasteiger partial charge in [0.2, 0.25) is 0 Å². The Hall–Kier alpha value is -1.97. The summed E-state index contributed by atoms with van der Waals surface area (Å²) in [6, 6.07) is 7.91. The summed E-state index contributed by atoms with van der Waals surface area (Å²) < 4.78 is 5.32. The molecule has 0 spiro atoms. The summed E-state index contributed by atoms with van der Waals surface area (Å²) in [7, 11) is 0. The smallest absolute Gasteiger partial charge is 0.151 e. The van der Waals surface area contributed by atoms with Crippen LogP contribution < -0.4 is 10.2 Å². The lowest BCUT2D eigenvalue weighted by Gasteiger charge is -2.20. The third-order valence-corrected chi connectivity index (χ3v) is 3.23. The van der Waals surface area contributed by atoms with Crippen LogP contribution >= 0.6 is 0 Å². The van der Waals surface area contributed by atoms with Gasteiger partial charge >= 0.3 is 0 Å². The number of pyridine rings is 1. The SMILES string of the molecule is c1coc(CNc2cccnc2N2CCCC2)c1. The Bertz CT molecular complexity index is 490. The lowest BCUT2D eigenvalue weighted by Crippen LogP contribution is -2.20. The van der Waals surface area contributed by atoms with Crippen molar-refractivity contribution in [2.24, 2.45) is 0 Å². The second kappa shape index (κ2) is 5.12. The number of aromatic nitrogens is 1. The number of hydrogen-bond donors (Lipinski definition) is 1. The van der Waals surface area contributed by atoms with E-state index in [4.69, 9.17) is 4.42 Å². The van der Waals surface area contributed by atoms with Gasteiger partial charge in [-0.3, -0.25) is 0 Å². The maximum atomic E-state index is 5.32. The number of nitrogens with one attached hydrogen (secondary N) is 1. The van der Waals surface area contributed by atoms with E-state index in [0.717, 1.165) is 30.4 Å². The first-order valence-corrected chi connectivity index (χ1v) is 6.40. The molecule has 2 aromatic heterocycles. The highest BCUT2D eigenvalue weighted by Crippen LogP contribution is 2.26. The van der Waals surface area contributed by atoms with Crippen molar-refractivity contribution in [3.05, 3.63) is 42.5 Å². The van der Waals surface area contributed by atoms with E-state index in [9.17, 15) is 0 Å². The summed E-state index contributed by atoms with van der Waals surface area (Å²) in [6.07, 6.45) is 6.07. The fourth-order valence-electron chi connectivity index (χ4n) is 2.31. The quantitative estimate of drug-likeness (QED) is 0.896. The van der Waals surface area contributed by atoms with Gasteiger partial charge in [-0.1, -0.05) is 0 Å². The zero-order valence-corrected chi connectivity index (χ0v) is 10.3. The minimum absolute atomic E-state index is 0.694. The van der Waals surface area contributed by atoms with Gasteiger partial charge in [-0.25, -0.2) is 4.98 Å². The average molecular weight is 243 g/mol. The molecule has 0 bridgehead atoms. The van der Waals surface area contributed by atoms with Crippen LogP contribution in [0, 0.1) is 0 Å². The summed E-state index contributed by atoms with van der Waals surface area (Å²) in [5.74, 6) is 1.99. The molecule has 1 N–H and O–H groups in total. The Morgan fingerprint density at radius 3 is 2.89 bits per heavy atom. The van der Waals surface area contributed by atoms with E-state index in [1.54, 1.807) is 6.26 Å². The molecule has 0 atom stereocenters. The first-order valence-electron chi connectivity index (χ1n) is 6.40. The monoisotopic (exact) mass is 243 g/mol. The fraction of sp³-hybridized carbons (Fsp3) is 0.357. The molecule has 1 aliphatic heterocycles. The number of nitrogens with zero attached hydrogens (tertiary/aromatic N) is 2. The van der Waals surface area contributed by atoms with Crippen LogP contribution in [-0.2, 0) is 6.54 Å². The molecule has 0 unspecified atom stereocenters. The molecular weight excluding hydrogens is 226 g/mol. The van der Waals surface area contributed by atoms with Crippen LogP contribution in [-0.4, -0.2) is 18.1 Å². The van der Waals surface area contributed by atoms with Crippen molar-refractivity contribution in [2.45, 2.75) is 19.4 Å². The van der Waals surface area contributed by atoms with Crippen molar-refractivity contribution in [2.75, 3.05) is 23.3 Å². The zero-order valence-electron chi connectivity index (χ0n) is 10.3. The molecule has 0 amide bonds. The largest absolute Gasteiger partial charge is 0.467 e. The molecule has 4 heteroatoms. The Morgan fingerprint density at radius 2 is 2.11 bits per heavy atom. The van der Waals surface area contributed by atoms with Crippen LogP contribution in [0.25, 0.3) is 0 Å². The van der Waals surface area contributed by atoms with Crippen LogP contribution in [0.5, 0.6) is 0 Å². The maximum absolute atomic E-state index is 5.32. The van der Waals surface area contributed by atoms with Crippen LogP contribution in [0.3, 0.4) is 0 Å². The van der Waals surface area contributed by atoms with Crippen molar-refractivity contribution < 1.29 is 4.42 Å². The van der Waals surface area contributed by atoms with Gasteiger partial charge in [-0.2, -0.15) is 0 Å². The molecule has 1 saturated heterocycles. The number of rotatable bonds is 4. The molecule has 0 aromatic carbocycles. The zero-order chi connectivity index (χ0) is 12.2. The molecule has 1 fully saturated rings. The summed E-state index contributed by atoms with van der Waals surface area (Å²) >= 11 is 0. The van der Waals surface area contributed by atoms with Crippen LogP contribution in [0.15, 0.2) is 41.1 Å². The van der Waals surface area contributed by atoms with Crippen molar-refractivity contribution in [1.82, 2.24) is 4.98 Å². The van der Waals surface area contributed by atoms with E-state index < -0.39 is 0 Å². The first kappa shape index (κ1) is 11.1. The molecule has 0 saturated carbocycles. The first-order chi connectivity index (χ1) is 8.93. The van der Waals surface area contributed by atoms with E-state index >= 15 is 0 Å². The topological polar surface area (TPSA) is 41.3 Å². The lowest BCUT2D eigenvalue weighted by molar-refractivity contribution is 0.518. The standard InChI is InChI=1S/C14H17N3O/c1-2-9-17(8-1)14-13(6-3-7-15-14)16-11-12-5-4-10-18-12/h3-7,10,16H,1-2,8-9,11H2. The van der Waals surface area contributed by atoms with E-state index in [1.807, 2.05) is 24.4 Å². The normalized spacial score (nSPS) is 15.0.